The van der Waals surface area contributed by atoms with Crippen LogP contribution in [0.25, 0.3) is 0 Å². The van der Waals surface area contributed by atoms with Gasteiger partial charge in [0.2, 0.25) is 0 Å². The molecule has 1 aliphatic rings. The van der Waals surface area contributed by atoms with Gasteiger partial charge in [-0.05, 0) is 24.3 Å². The molecule has 0 aliphatic heterocycles. The second-order valence-corrected chi connectivity index (χ2v) is 5.54. The number of nitrogens with zero attached hydrogens (tertiary/aromatic N) is 1. The van der Waals surface area contributed by atoms with Gasteiger partial charge in [-0.3, -0.25) is 9.59 Å². The molecule has 2 N–H and O–H groups in total. The van der Waals surface area contributed by atoms with E-state index < -0.39 is 11.8 Å². The highest BCUT2D eigenvalue weighted by Gasteiger charge is 2.24. The van der Waals surface area contributed by atoms with Gasteiger partial charge in [0.25, 0.3) is 0 Å². The smallest absolute Gasteiger partial charge is 0.311 e. The Hall–Kier alpha value is -1.84. The SMILES string of the molecule is NC(=O)C(=O)N(Cc1ccccc1)CC1CCCCC1. The van der Waals surface area contributed by atoms with Gasteiger partial charge in [-0.15, -0.1) is 0 Å². The number of hydrogen-bond acceptors (Lipinski definition) is 2. The average Bonchev–Trinajstić information content (AvgIpc) is 2.48. The average molecular weight is 274 g/mol. The Kier molecular flexibility index (Phi) is 5.16. The van der Waals surface area contributed by atoms with E-state index in [-0.39, 0.29) is 0 Å². The summed E-state index contributed by atoms with van der Waals surface area (Å²) in [6.45, 7) is 1.09. The lowest BCUT2D eigenvalue weighted by Crippen LogP contribution is -2.42. The largest absolute Gasteiger partial charge is 0.361 e. The highest BCUT2D eigenvalue weighted by Crippen LogP contribution is 2.25. The van der Waals surface area contributed by atoms with Gasteiger partial charge in [-0.25, -0.2) is 0 Å². The third-order valence-corrected chi connectivity index (χ3v) is 3.92. The number of carbonyl (C=O) groups excluding carboxylic acids is 2. The van der Waals surface area contributed by atoms with Crippen molar-refractivity contribution >= 4 is 11.8 Å². The first kappa shape index (κ1) is 14.6. The fourth-order valence-corrected chi connectivity index (χ4v) is 2.86. The van der Waals surface area contributed by atoms with Gasteiger partial charge in [0, 0.05) is 13.1 Å². The van der Waals surface area contributed by atoms with E-state index in [1.54, 1.807) is 4.90 Å². The van der Waals surface area contributed by atoms with E-state index in [9.17, 15) is 9.59 Å². The van der Waals surface area contributed by atoms with E-state index >= 15 is 0 Å². The Balaban J connectivity index is 2.03. The molecule has 1 aromatic carbocycles. The maximum absolute atomic E-state index is 12.0. The zero-order valence-corrected chi connectivity index (χ0v) is 11.8. The third kappa shape index (κ3) is 4.08. The monoisotopic (exact) mass is 274 g/mol. The molecule has 0 aromatic heterocycles. The van der Waals surface area contributed by atoms with Gasteiger partial charge in [-0.2, -0.15) is 0 Å². The van der Waals surface area contributed by atoms with Crippen LogP contribution in [-0.4, -0.2) is 23.3 Å². The molecule has 0 saturated heterocycles. The normalized spacial score (nSPS) is 15.8. The van der Waals surface area contributed by atoms with Crippen LogP contribution in [0.3, 0.4) is 0 Å². The first-order chi connectivity index (χ1) is 9.66. The standard InChI is InChI=1S/C16H22N2O2/c17-15(19)16(20)18(11-13-7-3-1-4-8-13)12-14-9-5-2-6-10-14/h1,3-4,7-8,14H,2,5-6,9-12H2,(H2,17,19). The Labute approximate surface area is 119 Å². The zero-order chi connectivity index (χ0) is 14.4. The second-order valence-electron chi connectivity index (χ2n) is 5.54. The van der Waals surface area contributed by atoms with Crippen LogP contribution >= 0.6 is 0 Å². The molecule has 2 amide bonds. The van der Waals surface area contributed by atoms with E-state index in [0.29, 0.717) is 19.0 Å². The number of rotatable bonds is 4. The molecule has 1 aromatic rings. The molecule has 0 unspecified atom stereocenters. The van der Waals surface area contributed by atoms with Crippen LogP contribution in [0, 0.1) is 5.92 Å². The molecule has 1 aliphatic carbocycles. The molecular formula is C16H22N2O2. The van der Waals surface area contributed by atoms with Crippen molar-refractivity contribution in [2.75, 3.05) is 6.54 Å². The summed E-state index contributed by atoms with van der Waals surface area (Å²) in [7, 11) is 0. The summed E-state index contributed by atoms with van der Waals surface area (Å²) in [6, 6.07) is 9.72. The van der Waals surface area contributed by atoms with Gasteiger partial charge < -0.3 is 10.6 Å². The van der Waals surface area contributed by atoms with Crippen LogP contribution in [-0.2, 0) is 16.1 Å². The van der Waals surface area contributed by atoms with Crippen LogP contribution in [0.1, 0.15) is 37.7 Å². The molecule has 0 radical (unpaired) electrons. The summed E-state index contributed by atoms with van der Waals surface area (Å²) in [6.07, 6.45) is 5.98. The fraction of sp³-hybridized carbons (Fsp3) is 0.500. The lowest BCUT2D eigenvalue weighted by atomic mass is 9.89. The third-order valence-electron chi connectivity index (χ3n) is 3.92. The van der Waals surface area contributed by atoms with Gasteiger partial charge in [0.1, 0.15) is 0 Å². The van der Waals surface area contributed by atoms with Crippen LogP contribution in [0.15, 0.2) is 30.3 Å². The minimum absolute atomic E-state index is 0.457. The molecule has 2 rings (SSSR count). The summed E-state index contributed by atoms with van der Waals surface area (Å²) in [5.41, 5.74) is 6.19. The highest BCUT2D eigenvalue weighted by atomic mass is 16.2. The molecule has 0 bridgehead atoms. The molecule has 1 saturated carbocycles. The number of carbonyl (C=O) groups is 2. The van der Waals surface area contributed by atoms with Crippen molar-refractivity contribution in [2.24, 2.45) is 11.7 Å². The molecule has 0 spiro atoms. The molecule has 0 atom stereocenters. The Bertz CT molecular complexity index is 453. The van der Waals surface area contributed by atoms with Crippen molar-refractivity contribution in [3.05, 3.63) is 35.9 Å². The summed E-state index contributed by atoms with van der Waals surface area (Å²) in [5, 5.41) is 0. The Morgan fingerprint density at radius 2 is 1.75 bits per heavy atom. The summed E-state index contributed by atoms with van der Waals surface area (Å²) in [5.74, 6) is -0.938. The van der Waals surface area contributed by atoms with Crippen molar-refractivity contribution in [1.82, 2.24) is 4.90 Å². The van der Waals surface area contributed by atoms with Gasteiger partial charge >= 0.3 is 11.8 Å². The van der Waals surface area contributed by atoms with Crippen molar-refractivity contribution < 1.29 is 9.59 Å². The summed E-state index contributed by atoms with van der Waals surface area (Å²) in [4.78, 5) is 24.8. The minimum atomic E-state index is -0.864. The van der Waals surface area contributed by atoms with E-state index in [0.717, 1.165) is 18.4 Å². The molecule has 1 fully saturated rings. The number of primary amides is 1. The van der Waals surface area contributed by atoms with Crippen LogP contribution < -0.4 is 5.73 Å². The van der Waals surface area contributed by atoms with Crippen LogP contribution in [0.5, 0.6) is 0 Å². The van der Waals surface area contributed by atoms with Crippen molar-refractivity contribution in [1.29, 1.82) is 0 Å². The number of benzene rings is 1. The number of amides is 2. The lowest BCUT2D eigenvalue weighted by molar-refractivity contribution is -0.145. The molecule has 20 heavy (non-hydrogen) atoms. The number of nitrogens with two attached hydrogens (primary N) is 1. The maximum atomic E-state index is 12.0. The minimum Gasteiger partial charge on any atom is -0.361 e. The predicted octanol–water partition coefficient (Wildman–Crippen LogP) is 2.08. The molecule has 4 heteroatoms. The lowest BCUT2D eigenvalue weighted by Gasteiger charge is -2.29. The first-order valence-corrected chi connectivity index (χ1v) is 7.29. The Morgan fingerprint density at radius 3 is 2.35 bits per heavy atom. The van der Waals surface area contributed by atoms with E-state index in [4.69, 9.17) is 5.73 Å². The first-order valence-electron chi connectivity index (χ1n) is 7.29. The fourth-order valence-electron chi connectivity index (χ4n) is 2.86. The van der Waals surface area contributed by atoms with Crippen molar-refractivity contribution in [3.8, 4) is 0 Å². The highest BCUT2D eigenvalue weighted by molar-refractivity contribution is 6.34. The van der Waals surface area contributed by atoms with Crippen molar-refractivity contribution in [2.45, 2.75) is 38.6 Å². The predicted molar refractivity (Wildman–Crippen MR) is 77.6 cm³/mol. The second kappa shape index (κ2) is 7.08. The Morgan fingerprint density at radius 1 is 1.10 bits per heavy atom. The maximum Gasteiger partial charge on any atom is 0.311 e. The van der Waals surface area contributed by atoms with Gasteiger partial charge in [-0.1, -0.05) is 49.6 Å². The van der Waals surface area contributed by atoms with Gasteiger partial charge in [0.15, 0.2) is 0 Å². The number of hydrogen-bond donors (Lipinski definition) is 1. The topological polar surface area (TPSA) is 63.4 Å². The molecule has 108 valence electrons. The summed E-state index contributed by atoms with van der Waals surface area (Å²) < 4.78 is 0. The van der Waals surface area contributed by atoms with Crippen LogP contribution in [0.2, 0.25) is 0 Å². The van der Waals surface area contributed by atoms with E-state index in [2.05, 4.69) is 0 Å². The molecule has 0 heterocycles. The van der Waals surface area contributed by atoms with Crippen LogP contribution in [0.4, 0.5) is 0 Å². The van der Waals surface area contributed by atoms with Crippen molar-refractivity contribution in [3.63, 3.8) is 0 Å². The van der Waals surface area contributed by atoms with E-state index in [1.165, 1.54) is 19.3 Å². The molecule has 4 nitrogen and oxygen atoms in total. The zero-order valence-electron chi connectivity index (χ0n) is 11.8. The van der Waals surface area contributed by atoms with E-state index in [1.807, 2.05) is 30.3 Å². The summed E-state index contributed by atoms with van der Waals surface area (Å²) >= 11 is 0. The van der Waals surface area contributed by atoms with Gasteiger partial charge in [0.05, 0.1) is 0 Å². The quantitative estimate of drug-likeness (QED) is 0.854. The molecular weight excluding hydrogens is 252 g/mol.